The summed E-state index contributed by atoms with van der Waals surface area (Å²) in [7, 11) is 1.26. The van der Waals surface area contributed by atoms with Crippen molar-refractivity contribution in [2.45, 2.75) is 6.92 Å². The van der Waals surface area contributed by atoms with Crippen molar-refractivity contribution in [2.75, 3.05) is 7.11 Å². The van der Waals surface area contributed by atoms with Crippen LogP contribution in [0.3, 0.4) is 0 Å². The minimum absolute atomic E-state index is 0.245. The van der Waals surface area contributed by atoms with E-state index in [2.05, 4.69) is 4.74 Å². The second-order valence-electron chi connectivity index (χ2n) is 2.65. The highest BCUT2D eigenvalue weighted by Gasteiger charge is 2.12. The highest BCUT2D eigenvalue weighted by atomic mass is 16.5. The number of phenolic OH excluding ortho intramolecular Hbond substituents is 2. The van der Waals surface area contributed by atoms with E-state index in [0.29, 0.717) is 5.56 Å². The van der Waals surface area contributed by atoms with E-state index in [4.69, 9.17) is 10.2 Å². The summed E-state index contributed by atoms with van der Waals surface area (Å²) in [4.78, 5) is 11.1. The summed E-state index contributed by atoms with van der Waals surface area (Å²) in [5, 5.41) is 18.2. The number of rotatable bonds is 1. The van der Waals surface area contributed by atoms with E-state index >= 15 is 0 Å². The Morgan fingerprint density at radius 3 is 2.38 bits per heavy atom. The molecule has 0 aliphatic rings. The molecule has 0 aliphatic carbocycles. The summed E-state index contributed by atoms with van der Waals surface area (Å²) in [5.74, 6) is -1.11. The molecule has 0 spiro atoms. The van der Waals surface area contributed by atoms with Gasteiger partial charge in [-0.3, -0.25) is 0 Å². The first-order valence-corrected chi connectivity index (χ1v) is 3.67. The van der Waals surface area contributed by atoms with Gasteiger partial charge in [0.2, 0.25) is 0 Å². The lowest BCUT2D eigenvalue weighted by molar-refractivity contribution is 0.0599. The third-order valence-electron chi connectivity index (χ3n) is 1.73. The normalized spacial score (nSPS) is 9.69. The topological polar surface area (TPSA) is 66.8 Å². The van der Waals surface area contributed by atoms with Gasteiger partial charge < -0.3 is 14.9 Å². The molecule has 0 saturated heterocycles. The lowest BCUT2D eigenvalue weighted by atomic mass is 10.1. The summed E-state index contributed by atoms with van der Waals surface area (Å²) >= 11 is 0. The average molecular weight is 182 g/mol. The third-order valence-corrected chi connectivity index (χ3v) is 1.73. The molecule has 0 unspecified atom stereocenters. The van der Waals surface area contributed by atoms with E-state index in [0.717, 1.165) is 0 Å². The lowest BCUT2D eigenvalue weighted by Gasteiger charge is -2.05. The maximum absolute atomic E-state index is 11.1. The molecule has 0 heterocycles. The van der Waals surface area contributed by atoms with E-state index < -0.39 is 5.97 Å². The lowest BCUT2D eigenvalue weighted by Crippen LogP contribution is -2.03. The fourth-order valence-electron chi connectivity index (χ4n) is 1.01. The number of ether oxygens (including phenoxy) is 1. The molecule has 0 fully saturated rings. The first-order chi connectivity index (χ1) is 6.06. The molecule has 70 valence electrons. The van der Waals surface area contributed by atoms with Gasteiger partial charge >= 0.3 is 5.97 Å². The number of hydrogen-bond acceptors (Lipinski definition) is 4. The van der Waals surface area contributed by atoms with Gasteiger partial charge in [0.05, 0.1) is 12.7 Å². The number of aryl methyl sites for hydroxylation is 1. The molecular formula is C9H10O4. The van der Waals surface area contributed by atoms with Gasteiger partial charge in [0.25, 0.3) is 0 Å². The molecule has 0 saturated carbocycles. The molecule has 1 rings (SSSR count). The van der Waals surface area contributed by atoms with Crippen LogP contribution >= 0.6 is 0 Å². The van der Waals surface area contributed by atoms with Crippen LogP contribution in [-0.2, 0) is 4.74 Å². The van der Waals surface area contributed by atoms with Gasteiger partial charge in [0, 0.05) is 0 Å². The second kappa shape index (κ2) is 3.35. The first-order valence-electron chi connectivity index (χ1n) is 3.67. The highest BCUT2D eigenvalue weighted by molar-refractivity contribution is 5.91. The van der Waals surface area contributed by atoms with E-state index in [1.807, 2.05) is 0 Å². The number of carbonyl (C=O) groups excluding carboxylic acids is 1. The van der Waals surface area contributed by atoms with Crippen LogP contribution in [0.1, 0.15) is 15.9 Å². The summed E-state index contributed by atoms with van der Waals surface area (Å²) < 4.78 is 4.48. The third kappa shape index (κ3) is 1.72. The van der Waals surface area contributed by atoms with Crippen LogP contribution in [0.5, 0.6) is 11.5 Å². The number of carbonyl (C=O) groups is 1. The molecule has 0 aromatic heterocycles. The quantitative estimate of drug-likeness (QED) is 0.505. The molecule has 0 amide bonds. The van der Waals surface area contributed by atoms with Gasteiger partial charge in [-0.15, -0.1) is 0 Å². The predicted molar refractivity (Wildman–Crippen MR) is 45.8 cm³/mol. The second-order valence-corrected chi connectivity index (χ2v) is 2.65. The SMILES string of the molecule is COC(=O)c1cc(O)c(O)cc1C. The number of methoxy groups -OCH3 is 1. The van der Waals surface area contributed by atoms with Crippen LogP contribution in [-0.4, -0.2) is 23.3 Å². The van der Waals surface area contributed by atoms with Gasteiger partial charge in [-0.1, -0.05) is 0 Å². The van der Waals surface area contributed by atoms with Crippen molar-refractivity contribution < 1.29 is 19.7 Å². The van der Waals surface area contributed by atoms with Crippen LogP contribution in [0, 0.1) is 6.92 Å². The smallest absolute Gasteiger partial charge is 0.338 e. The maximum Gasteiger partial charge on any atom is 0.338 e. The number of phenols is 2. The van der Waals surface area contributed by atoms with Crippen molar-refractivity contribution in [2.24, 2.45) is 0 Å². The van der Waals surface area contributed by atoms with Crippen molar-refractivity contribution in [3.63, 3.8) is 0 Å². The molecule has 0 bridgehead atoms. The van der Waals surface area contributed by atoms with Crippen LogP contribution in [0.15, 0.2) is 12.1 Å². The van der Waals surface area contributed by atoms with Crippen LogP contribution in [0.4, 0.5) is 0 Å². The minimum Gasteiger partial charge on any atom is -0.504 e. The summed E-state index contributed by atoms with van der Waals surface area (Å²) in [6, 6.07) is 2.48. The van der Waals surface area contributed by atoms with Crippen molar-refractivity contribution in [1.29, 1.82) is 0 Å². The van der Waals surface area contributed by atoms with Crippen molar-refractivity contribution in [3.05, 3.63) is 23.3 Å². The first kappa shape index (κ1) is 9.38. The number of benzene rings is 1. The zero-order valence-corrected chi connectivity index (χ0v) is 7.37. The maximum atomic E-state index is 11.1. The Labute approximate surface area is 75.4 Å². The van der Waals surface area contributed by atoms with Crippen molar-refractivity contribution in [3.8, 4) is 11.5 Å². The zero-order chi connectivity index (χ0) is 10.0. The van der Waals surface area contributed by atoms with Crippen molar-refractivity contribution in [1.82, 2.24) is 0 Å². The fourth-order valence-corrected chi connectivity index (χ4v) is 1.01. The molecule has 2 N–H and O–H groups in total. The molecule has 4 heteroatoms. The Bertz CT molecular complexity index is 344. The predicted octanol–water partition coefficient (Wildman–Crippen LogP) is 1.19. The largest absolute Gasteiger partial charge is 0.504 e. The van der Waals surface area contributed by atoms with E-state index in [1.54, 1.807) is 6.92 Å². The summed E-state index contributed by atoms with van der Waals surface area (Å²) in [5.41, 5.74) is 0.806. The summed E-state index contributed by atoms with van der Waals surface area (Å²) in [6.07, 6.45) is 0. The van der Waals surface area contributed by atoms with Crippen LogP contribution in [0.2, 0.25) is 0 Å². The number of aromatic hydroxyl groups is 2. The highest BCUT2D eigenvalue weighted by Crippen LogP contribution is 2.28. The summed E-state index contributed by atoms with van der Waals surface area (Å²) in [6.45, 7) is 1.64. The molecular weight excluding hydrogens is 172 g/mol. The Hall–Kier alpha value is -1.71. The van der Waals surface area contributed by atoms with Gasteiger partial charge in [0.15, 0.2) is 11.5 Å². The van der Waals surface area contributed by atoms with Crippen LogP contribution in [0.25, 0.3) is 0 Å². The standard InChI is InChI=1S/C9H10O4/c1-5-3-7(10)8(11)4-6(5)9(12)13-2/h3-4,10-11H,1-2H3. The molecule has 0 atom stereocenters. The number of esters is 1. The van der Waals surface area contributed by atoms with Crippen LogP contribution < -0.4 is 0 Å². The van der Waals surface area contributed by atoms with Gasteiger partial charge in [-0.05, 0) is 24.6 Å². The Kier molecular flexibility index (Phi) is 2.41. The molecule has 4 nitrogen and oxygen atoms in total. The Morgan fingerprint density at radius 2 is 1.85 bits per heavy atom. The molecule has 1 aromatic rings. The monoisotopic (exact) mass is 182 g/mol. The zero-order valence-electron chi connectivity index (χ0n) is 7.37. The Balaban J connectivity index is 3.23. The molecule has 13 heavy (non-hydrogen) atoms. The average Bonchev–Trinajstić information content (AvgIpc) is 2.10. The molecule has 0 aliphatic heterocycles. The van der Waals surface area contributed by atoms with E-state index in [1.165, 1.54) is 19.2 Å². The van der Waals surface area contributed by atoms with E-state index in [9.17, 15) is 4.79 Å². The Morgan fingerprint density at radius 1 is 1.31 bits per heavy atom. The van der Waals surface area contributed by atoms with Gasteiger partial charge in [-0.25, -0.2) is 4.79 Å². The fraction of sp³-hybridized carbons (Fsp3) is 0.222. The molecule has 0 radical (unpaired) electrons. The van der Waals surface area contributed by atoms with Crippen molar-refractivity contribution >= 4 is 5.97 Å². The van der Waals surface area contributed by atoms with E-state index in [-0.39, 0.29) is 17.1 Å². The molecule has 1 aromatic carbocycles. The minimum atomic E-state index is -0.534. The number of hydrogen-bond donors (Lipinski definition) is 2. The van der Waals surface area contributed by atoms with Gasteiger partial charge in [-0.2, -0.15) is 0 Å². The van der Waals surface area contributed by atoms with Gasteiger partial charge in [0.1, 0.15) is 0 Å².